The maximum atomic E-state index is 12.4. The lowest BCUT2D eigenvalue weighted by atomic mass is 10.2. The molecule has 2 N–H and O–H groups in total. The van der Waals surface area contributed by atoms with Crippen molar-refractivity contribution in [3.63, 3.8) is 0 Å². The summed E-state index contributed by atoms with van der Waals surface area (Å²) in [6.45, 7) is 4.29. The number of piperazine rings is 1. The molecule has 0 radical (unpaired) electrons. The van der Waals surface area contributed by atoms with E-state index in [4.69, 9.17) is 5.73 Å². The van der Waals surface area contributed by atoms with Crippen LogP contribution in [0.2, 0.25) is 0 Å². The number of nitrogens with zero attached hydrogens (tertiary/aromatic N) is 3. The van der Waals surface area contributed by atoms with Crippen LogP contribution in [0.1, 0.15) is 41.3 Å². The Bertz CT molecular complexity index is 545. The van der Waals surface area contributed by atoms with E-state index >= 15 is 0 Å². The molecule has 7 heteroatoms. The smallest absolute Gasteiger partial charge is 0.273 e. The Hall–Kier alpha value is -1.47. The molecular formula is C14H20N4O2S. The van der Waals surface area contributed by atoms with Crippen molar-refractivity contribution >= 4 is 23.2 Å². The maximum absolute atomic E-state index is 12.4. The van der Waals surface area contributed by atoms with Crippen LogP contribution in [0.4, 0.5) is 0 Å². The van der Waals surface area contributed by atoms with Crippen molar-refractivity contribution in [2.45, 2.75) is 25.8 Å². The van der Waals surface area contributed by atoms with Gasteiger partial charge in [-0.15, -0.1) is 11.3 Å². The minimum atomic E-state index is -0.149. The molecule has 6 nitrogen and oxygen atoms in total. The summed E-state index contributed by atoms with van der Waals surface area (Å²) in [7, 11) is 0. The molecule has 1 aromatic heterocycles. The molecule has 2 heterocycles. The van der Waals surface area contributed by atoms with E-state index in [1.165, 1.54) is 11.3 Å². The zero-order chi connectivity index (χ0) is 15.0. The molecule has 2 aliphatic rings. The molecule has 1 aliphatic heterocycles. The number of nitrogens with two attached hydrogens (primary N) is 1. The van der Waals surface area contributed by atoms with E-state index in [1.54, 1.807) is 10.3 Å². The topological polar surface area (TPSA) is 79.5 Å². The van der Waals surface area contributed by atoms with Gasteiger partial charge < -0.3 is 15.5 Å². The van der Waals surface area contributed by atoms with Crippen LogP contribution < -0.4 is 5.73 Å². The molecule has 2 amide bonds. The fourth-order valence-corrected chi connectivity index (χ4v) is 3.23. The van der Waals surface area contributed by atoms with Crippen LogP contribution in [-0.2, 0) is 4.79 Å². The molecule has 1 aliphatic carbocycles. The van der Waals surface area contributed by atoms with E-state index in [-0.39, 0.29) is 23.8 Å². The Morgan fingerprint density at radius 2 is 1.90 bits per heavy atom. The third kappa shape index (κ3) is 3.08. The molecule has 1 atom stereocenters. The molecule has 114 valence electrons. The maximum Gasteiger partial charge on any atom is 0.273 e. The third-order valence-electron chi connectivity index (χ3n) is 3.94. The first-order valence-electron chi connectivity index (χ1n) is 7.35. The zero-order valence-electron chi connectivity index (χ0n) is 12.1. The summed E-state index contributed by atoms with van der Waals surface area (Å²) in [4.78, 5) is 32.3. The van der Waals surface area contributed by atoms with Gasteiger partial charge >= 0.3 is 0 Å². The van der Waals surface area contributed by atoms with E-state index in [1.807, 2.05) is 11.8 Å². The Balaban J connectivity index is 1.57. The number of aromatic nitrogens is 1. The molecule has 0 aromatic carbocycles. The summed E-state index contributed by atoms with van der Waals surface area (Å²) in [5, 5.41) is 2.55. The second kappa shape index (κ2) is 5.73. The van der Waals surface area contributed by atoms with Gasteiger partial charge in [-0.2, -0.15) is 0 Å². The van der Waals surface area contributed by atoms with E-state index in [2.05, 4.69) is 4.98 Å². The standard InChI is InChI=1S/C14H20N4O2S/c1-9(15)12-16-11(8-21-12)14(20)18-6-4-17(5-7-18)13(19)10-2-3-10/h8-10H,2-7,15H2,1H3. The van der Waals surface area contributed by atoms with Crippen molar-refractivity contribution < 1.29 is 9.59 Å². The van der Waals surface area contributed by atoms with Crippen LogP contribution in [0, 0.1) is 5.92 Å². The zero-order valence-corrected chi connectivity index (χ0v) is 12.9. The Labute approximate surface area is 127 Å². The summed E-state index contributed by atoms with van der Waals surface area (Å²) in [5.41, 5.74) is 6.24. The lowest BCUT2D eigenvalue weighted by molar-refractivity contribution is -0.134. The van der Waals surface area contributed by atoms with Crippen molar-refractivity contribution in [1.29, 1.82) is 0 Å². The number of carbonyl (C=O) groups is 2. The summed E-state index contributed by atoms with van der Waals surface area (Å²) < 4.78 is 0. The minimum Gasteiger partial charge on any atom is -0.339 e. The van der Waals surface area contributed by atoms with Gasteiger partial charge in [0, 0.05) is 37.5 Å². The van der Waals surface area contributed by atoms with Gasteiger partial charge in [0.05, 0.1) is 6.04 Å². The molecule has 0 spiro atoms. The highest BCUT2D eigenvalue weighted by atomic mass is 32.1. The molecule has 2 fully saturated rings. The molecule has 1 aromatic rings. The Kier molecular flexibility index (Phi) is 3.95. The number of hydrogen-bond donors (Lipinski definition) is 1. The van der Waals surface area contributed by atoms with Gasteiger partial charge in [-0.05, 0) is 19.8 Å². The minimum absolute atomic E-state index is 0.0586. The third-order valence-corrected chi connectivity index (χ3v) is 4.98. The van der Waals surface area contributed by atoms with Crippen LogP contribution in [0.15, 0.2) is 5.38 Å². The van der Waals surface area contributed by atoms with E-state index in [0.29, 0.717) is 31.9 Å². The fourth-order valence-electron chi connectivity index (χ4n) is 2.48. The lowest BCUT2D eigenvalue weighted by Gasteiger charge is -2.34. The first-order chi connectivity index (χ1) is 10.1. The van der Waals surface area contributed by atoms with Gasteiger partial charge in [-0.25, -0.2) is 4.98 Å². The second-order valence-electron chi connectivity index (χ2n) is 5.75. The monoisotopic (exact) mass is 308 g/mol. The van der Waals surface area contributed by atoms with E-state index < -0.39 is 0 Å². The van der Waals surface area contributed by atoms with Gasteiger partial charge in [-0.1, -0.05) is 0 Å². The molecule has 3 rings (SSSR count). The lowest BCUT2D eigenvalue weighted by Crippen LogP contribution is -2.51. The van der Waals surface area contributed by atoms with Crippen LogP contribution >= 0.6 is 11.3 Å². The van der Waals surface area contributed by atoms with Crippen LogP contribution in [0.5, 0.6) is 0 Å². The summed E-state index contributed by atoms with van der Waals surface area (Å²) in [6.07, 6.45) is 2.05. The Morgan fingerprint density at radius 1 is 1.29 bits per heavy atom. The highest BCUT2D eigenvalue weighted by molar-refractivity contribution is 7.09. The molecule has 1 saturated carbocycles. The number of thiazole rings is 1. The largest absolute Gasteiger partial charge is 0.339 e. The molecule has 1 unspecified atom stereocenters. The summed E-state index contributed by atoms with van der Waals surface area (Å²) in [5.74, 6) is 0.450. The fraction of sp³-hybridized carbons (Fsp3) is 0.643. The van der Waals surface area contributed by atoms with Gasteiger partial charge in [0.1, 0.15) is 10.7 Å². The van der Waals surface area contributed by atoms with Crippen LogP contribution in [0.25, 0.3) is 0 Å². The first kappa shape index (κ1) is 14.5. The van der Waals surface area contributed by atoms with Crippen molar-refractivity contribution in [1.82, 2.24) is 14.8 Å². The quantitative estimate of drug-likeness (QED) is 0.898. The van der Waals surface area contributed by atoms with Gasteiger partial charge in [0.25, 0.3) is 5.91 Å². The summed E-state index contributed by atoms with van der Waals surface area (Å²) >= 11 is 1.42. The number of carbonyl (C=O) groups excluding carboxylic acids is 2. The average Bonchev–Trinajstić information content (AvgIpc) is 3.22. The van der Waals surface area contributed by atoms with Gasteiger partial charge in [-0.3, -0.25) is 9.59 Å². The number of hydrogen-bond acceptors (Lipinski definition) is 5. The van der Waals surface area contributed by atoms with E-state index in [9.17, 15) is 9.59 Å². The van der Waals surface area contributed by atoms with Crippen molar-refractivity contribution in [2.75, 3.05) is 26.2 Å². The highest BCUT2D eigenvalue weighted by Gasteiger charge is 2.35. The van der Waals surface area contributed by atoms with Crippen molar-refractivity contribution in [3.8, 4) is 0 Å². The van der Waals surface area contributed by atoms with Crippen LogP contribution in [0.3, 0.4) is 0 Å². The first-order valence-corrected chi connectivity index (χ1v) is 8.23. The van der Waals surface area contributed by atoms with Gasteiger partial charge in [0.2, 0.25) is 5.91 Å². The molecule has 21 heavy (non-hydrogen) atoms. The predicted octanol–water partition coefficient (Wildman–Crippen LogP) is 0.857. The normalized spacial score (nSPS) is 20.5. The SMILES string of the molecule is CC(N)c1nc(C(=O)N2CCN(C(=O)C3CC3)CC2)cs1. The van der Waals surface area contributed by atoms with E-state index in [0.717, 1.165) is 17.8 Å². The summed E-state index contributed by atoms with van der Waals surface area (Å²) in [6, 6.07) is -0.149. The number of amides is 2. The second-order valence-corrected chi connectivity index (χ2v) is 6.64. The van der Waals surface area contributed by atoms with Crippen molar-refractivity contribution in [3.05, 3.63) is 16.1 Å². The molecule has 1 saturated heterocycles. The number of rotatable bonds is 3. The Morgan fingerprint density at radius 3 is 2.43 bits per heavy atom. The van der Waals surface area contributed by atoms with Crippen molar-refractivity contribution in [2.24, 2.45) is 11.7 Å². The van der Waals surface area contributed by atoms with Gasteiger partial charge in [0.15, 0.2) is 0 Å². The molecular weight excluding hydrogens is 288 g/mol. The predicted molar refractivity (Wildman–Crippen MR) is 79.9 cm³/mol. The molecule has 0 bridgehead atoms. The highest BCUT2D eigenvalue weighted by Crippen LogP contribution is 2.31. The van der Waals surface area contributed by atoms with Crippen LogP contribution in [-0.4, -0.2) is 52.8 Å². The average molecular weight is 308 g/mol.